The Morgan fingerprint density at radius 3 is 2.19 bits per heavy atom. The van der Waals surface area contributed by atoms with Gasteiger partial charge >= 0.3 is 5.97 Å². The summed E-state index contributed by atoms with van der Waals surface area (Å²) in [6, 6.07) is 0.644. The van der Waals surface area contributed by atoms with Crippen LogP contribution in [0, 0.1) is 23.2 Å². The van der Waals surface area contributed by atoms with Crippen LogP contribution in [0.15, 0.2) is 0 Å². The maximum absolute atomic E-state index is 10.5. The van der Waals surface area contributed by atoms with Gasteiger partial charge in [0.1, 0.15) is 0 Å². The molecule has 120 valence electrons. The van der Waals surface area contributed by atoms with Gasteiger partial charge in [0.2, 0.25) is 0 Å². The first-order valence-electron chi connectivity index (χ1n) is 9.02. The van der Waals surface area contributed by atoms with Crippen LogP contribution in [0.5, 0.6) is 0 Å². The van der Waals surface area contributed by atoms with Crippen molar-refractivity contribution in [3.05, 3.63) is 0 Å². The molecule has 3 nitrogen and oxygen atoms in total. The van der Waals surface area contributed by atoms with Crippen molar-refractivity contribution in [2.75, 3.05) is 6.54 Å². The predicted octanol–water partition coefficient (Wildman–Crippen LogP) is 3.83. The van der Waals surface area contributed by atoms with E-state index in [4.69, 9.17) is 5.11 Å². The number of nitrogens with one attached hydrogen (secondary N) is 1. The maximum Gasteiger partial charge on any atom is 0.303 e. The third-order valence-corrected chi connectivity index (χ3v) is 6.52. The normalized spacial score (nSPS) is 38.6. The molecule has 4 saturated carbocycles. The average Bonchev–Trinajstić information content (AvgIpc) is 2.40. The highest BCUT2D eigenvalue weighted by atomic mass is 16.4. The van der Waals surface area contributed by atoms with Crippen LogP contribution < -0.4 is 5.32 Å². The fourth-order valence-corrected chi connectivity index (χ4v) is 5.82. The first kappa shape index (κ1) is 15.3. The fraction of sp³-hybridized carbons (Fsp3) is 0.944. The lowest BCUT2D eigenvalue weighted by Crippen LogP contribution is -2.54. The van der Waals surface area contributed by atoms with E-state index in [1.165, 1.54) is 38.5 Å². The van der Waals surface area contributed by atoms with Crippen LogP contribution >= 0.6 is 0 Å². The number of hydrogen-bond acceptors (Lipinski definition) is 2. The second kappa shape index (κ2) is 6.28. The Morgan fingerprint density at radius 2 is 1.67 bits per heavy atom. The minimum Gasteiger partial charge on any atom is -0.481 e. The van der Waals surface area contributed by atoms with Gasteiger partial charge in [-0.1, -0.05) is 6.42 Å². The van der Waals surface area contributed by atoms with Gasteiger partial charge in [0.25, 0.3) is 0 Å². The quantitative estimate of drug-likeness (QED) is 0.669. The number of carboxylic acid groups (broad SMARTS) is 1. The Kier molecular flexibility index (Phi) is 4.58. The smallest absolute Gasteiger partial charge is 0.303 e. The van der Waals surface area contributed by atoms with E-state index in [1.807, 2.05) is 0 Å². The van der Waals surface area contributed by atoms with Crippen LogP contribution in [0.1, 0.15) is 71.1 Å². The first-order valence-corrected chi connectivity index (χ1v) is 9.02. The molecule has 0 aromatic carbocycles. The molecule has 1 atom stereocenters. The van der Waals surface area contributed by atoms with E-state index >= 15 is 0 Å². The topological polar surface area (TPSA) is 49.3 Å². The Bertz CT molecular complexity index is 344. The molecule has 4 rings (SSSR count). The molecule has 0 aromatic heterocycles. The molecule has 0 saturated heterocycles. The molecule has 21 heavy (non-hydrogen) atoms. The van der Waals surface area contributed by atoms with Crippen LogP contribution in [0.3, 0.4) is 0 Å². The summed E-state index contributed by atoms with van der Waals surface area (Å²) in [5.74, 6) is 2.41. The number of aliphatic carboxylic acids is 1. The summed E-state index contributed by atoms with van der Waals surface area (Å²) in [6.45, 7) is 3.47. The lowest BCUT2D eigenvalue weighted by atomic mass is 9.48. The lowest BCUT2D eigenvalue weighted by Gasteiger charge is -2.59. The van der Waals surface area contributed by atoms with Crippen LogP contribution in [0.25, 0.3) is 0 Å². The number of hydrogen-bond donors (Lipinski definition) is 2. The van der Waals surface area contributed by atoms with Gasteiger partial charge in [-0.3, -0.25) is 4.79 Å². The Morgan fingerprint density at radius 1 is 1.10 bits per heavy atom. The van der Waals surface area contributed by atoms with Gasteiger partial charge in [0.15, 0.2) is 0 Å². The van der Waals surface area contributed by atoms with Crippen molar-refractivity contribution in [3.8, 4) is 0 Å². The van der Waals surface area contributed by atoms with Crippen LogP contribution in [0.4, 0.5) is 0 Å². The zero-order valence-electron chi connectivity index (χ0n) is 13.4. The molecule has 4 aliphatic rings. The number of carbonyl (C=O) groups is 1. The molecule has 4 aliphatic carbocycles. The van der Waals surface area contributed by atoms with Crippen molar-refractivity contribution in [1.82, 2.24) is 5.32 Å². The molecule has 0 aromatic rings. The zero-order valence-corrected chi connectivity index (χ0v) is 13.4. The van der Waals surface area contributed by atoms with Crippen molar-refractivity contribution in [3.63, 3.8) is 0 Å². The Balaban J connectivity index is 1.41. The van der Waals surface area contributed by atoms with Crippen LogP contribution in [-0.2, 0) is 4.79 Å². The average molecular weight is 293 g/mol. The van der Waals surface area contributed by atoms with E-state index in [1.54, 1.807) is 0 Å². The van der Waals surface area contributed by atoms with Crippen molar-refractivity contribution >= 4 is 5.97 Å². The molecule has 3 heteroatoms. The van der Waals surface area contributed by atoms with Crippen molar-refractivity contribution < 1.29 is 9.90 Å². The molecule has 0 heterocycles. The van der Waals surface area contributed by atoms with Gasteiger partial charge in [-0.2, -0.15) is 0 Å². The minimum atomic E-state index is -0.662. The summed E-state index contributed by atoms with van der Waals surface area (Å²) in [6.07, 6.45) is 12.2. The standard InChI is InChI=1S/C18H31NO2/c1-13(19-6-4-2-3-5-17(20)21)18-10-14-7-15(11-18)9-16(8-14)12-18/h13-16,19H,2-12H2,1H3,(H,20,21). The SMILES string of the molecule is CC(NCCCCCC(=O)O)C12CC3CC(CC(C3)C1)C2. The molecule has 0 radical (unpaired) electrons. The van der Waals surface area contributed by atoms with Gasteiger partial charge < -0.3 is 10.4 Å². The molecule has 4 fully saturated rings. The number of unbranched alkanes of at least 4 members (excludes halogenated alkanes) is 2. The fourth-order valence-electron chi connectivity index (χ4n) is 5.82. The molecule has 2 N–H and O–H groups in total. The predicted molar refractivity (Wildman–Crippen MR) is 84.2 cm³/mol. The molecule has 0 aliphatic heterocycles. The summed E-state index contributed by atoms with van der Waals surface area (Å²) in [5.41, 5.74) is 0.593. The molecule has 0 amide bonds. The minimum absolute atomic E-state index is 0.324. The molecular weight excluding hydrogens is 262 g/mol. The Labute approximate surface area is 128 Å². The highest BCUT2D eigenvalue weighted by Crippen LogP contribution is 2.61. The van der Waals surface area contributed by atoms with Crippen LogP contribution in [0.2, 0.25) is 0 Å². The maximum atomic E-state index is 10.5. The summed E-state index contributed by atoms with van der Waals surface area (Å²) < 4.78 is 0. The zero-order chi connectivity index (χ0) is 14.9. The monoisotopic (exact) mass is 293 g/mol. The van der Waals surface area contributed by atoms with Gasteiger partial charge in [0, 0.05) is 12.5 Å². The highest BCUT2D eigenvalue weighted by Gasteiger charge is 2.52. The number of carboxylic acids is 1. The van der Waals surface area contributed by atoms with Crippen molar-refractivity contribution in [2.45, 2.75) is 77.2 Å². The summed E-state index contributed by atoms with van der Waals surface area (Å²) in [5, 5.41) is 12.4. The third-order valence-electron chi connectivity index (χ3n) is 6.52. The van der Waals surface area contributed by atoms with Crippen molar-refractivity contribution in [2.24, 2.45) is 23.2 Å². The summed E-state index contributed by atoms with van der Waals surface area (Å²) in [4.78, 5) is 10.5. The van der Waals surface area contributed by atoms with E-state index < -0.39 is 5.97 Å². The summed E-state index contributed by atoms with van der Waals surface area (Å²) >= 11 is 0. The first-order chi connectivity index (χ1) is 10.1. The third kappa shape index (κ3) is 3.44. The van der Waals surface area contributed by atoms with Crippen molar-refractivity contribution in [1.29, 1.82) is 0 Å². The van der Waals surface area contributed by atoms with Gasteiger partial charge in [0.05, 0.1) is 0 Å². The summed E-state index contributed by atoms with van der Waals surface area (Å²) in [7, 11) is 0. The molecule has 1 unspecified atom stereocenters. The van der Waals surface area contributed by atoms with E-state index in [0.29, 0.717) is 17.9 Å². The number of rotatable bonds is 8. The second-order valence-electron chi connectivity index (χ2n) is 8.16. The Hall–Kier alpha value is -0.570. The molecule has 0 spiro atoms. The van der Waals surface area contributed by atoms with E-state index in [9.17, 15) is 4.79 Å². The van der Waals surface area contributed by atoms with E-state index in [2.05, 4.69) is 12.2 Å². The van der Waals surface area contributed by atoms with Gasteiger partial charge in [-0.15, -0.1) is 0 Å². The van der Waals surface area contributed by atoms with Gasteiger partial charge in [-0.25, -0.2) is 0 Å². The van der Waals surface area contributed by atoms with Gasteiger partial charge in [-0.05, 0) is 88.0 Å². The van der Waals surface area contributed by atoms with Crippen LogP contribution in [-0.4, -0.2) is 23.7 Å². The second-order valence-corrected chi connectivity index (χ2v) is 8.16. The van der Waals surface area contributed by atoms with E-state index in [-0.39, 0.29) is 0 Å². The highest BCUT2D eigenvalue weighted by molar-refractivity contribution is 5.66. The largest absolute Gasteiger partial charge is 0.481 e. The molecule has 4 bridgehead atoms. The van der Waals surface area contributed by atoms with E-state index in [0.717, 1.165) is 43.6 Å². The molecular formula is C18H31NO2. The lowest BCUT2D eigenvalue weighted by molar-refractivity contribution is -0.137.